The zero-order chi connectivity index (χ0) is 24.1. The van der Waals surface area contributed by atoms with Gasteiger partial charge in [-0.2, -0.15) is 0 Å². The van der Waals surface area contributed by atoms with Crippen LogP contribution in [-0.4, -0.2) is 13.2 Å². The molecule has 0 aromatic heterocycles. The summed E-state index contributed by atoms with van der Waals surface area (Å²) in [6, 6.07) is 27.5. The van der Waals surface area contributed by atoms with Crippen molar-refractivity contribution in [3.05, 3.63) is 145 Å². The summed E-state index contributed by atoms with van der Waals surface area (Å²) in [7, 11) is 0. The van der Waals surface area contributed by atoms with Crippen LogP contribution in [0.5, 0.6) is 11.5 Å². The highest BCUT2D eigenvalue weighted by molar-refractivity contribution is 5.51. The highest BCUT2D eigenvalue weighted by Crippen LogP contribution is 2.39. The Morgan fingerprint density at radius 1 is 0.618 bits per heavy atom. The van der Waals surface area contributed by atoms with Gasteiger partial charge in [-0.25, -0.2) is 0 Å². The van der Waals surface area contributed by atoms with E-state index in [0.717, 1.165) is 24.3 Å². The second-order valence-electron chi connectivity index (χ2n) is 8.14. The van der Waals surface area contributed by atoms with Gasteiger partial charge >= 0.3 is 0 Å². The van der Waals surface area contributed by atoms with Gasteiger partial charge in [-0.1, -0.05) is 104 Å². The first-order chi connectivity index (χ1) is 16.7. The summed E-state index contributed by atoms with van der Waals surface area (Å²) in [5.41, 5.74) is 3.35. The van der Waals surface area contributed by atoms with Crippen LogP contribution in [0.1, 0.15) is 36.5 Å². The molecule has 174 valence electrons. The van der Waals surface area contributed by atoms with E-state index in [2.05, 4.69) is 111 Å². The van der Waals surface area contributed by atoms with E-state index in [4.69, 9.17) is 9.47 Å². The molecule has 3 aromatic rings. The first-order valence-electron chi connectivity index (χ1n) is 11.8. The van der Waals surface area contributed by atoms with Crippen molar-refractivity contribution >= 4 is 0 Å². The van der Waals surface area contributed by atoms with Gasteiger partial charge in [0.05, 0.1) is 13.2 Å². The predicted molar refractivity (Wildman–Crippen MR) is 144 cm³/mol. The Hall–Kier alpha value is -3.78. The van der Waals surface area contributed by atoms with E-state index in [0.29, 0.717) is 13.2 Å². The standard InChI is InChI=1S/C32H34O2/c1-4-6-8-13-25-33-30-21-17-28(18-22-30)32(3,27-15-11-10-12-16-27)29-19-23-31(24-20-29)34-26-14-9-7-5-2/h4-12,15-24H,1-2,13-14,25-26H2,3H3/b8-6+,9-7+. The highest BCUT2D eigenvalue weighted by atomic mass is 16.5. The van der Waals surface area contributed by atoms with E-state index < -0.39 is 0 Å². The monoisotopic (exact) mass is 450 g/mol. The molecule has 0 fully saturated rings. The second kappa shape index (κ2) is 13.1. The van der Waals surface area contributed by atoms with E-state index in [9.17, 15) is 0 Å². The van der Waals surface area contributed by atoms with Gasteiger partial charge in [-0.3, -0.25) is 0 Å². The minimum atomic E-state index is -0.308. The molecule has 2 heteroatoms. The molecular formula is C32H34O2. The van der Waals surface area contributed by atoms with Crippen molar-refractivity contribution in [2.75, 3.05) is 13.2 Å². The van der Waals surface area contributed by atoms with Crippen LogP contribution in [0, 0.1) is 0 Å². The van der Waals surface area contributed by atoms with Gasteiger partial charge in [0.1, 0.15) is 11.5 Å². The van der Waals surface area contributed by atoms with E-state index in [1.807, 2.05) is 12.2 Å². The van der Waals surface area contributed by atoms with Gasteiger partial charge in [-0.05, 0) is 60.7 Å². The Labute approximate surface area is 204 Å². The largest absolute Gasteiger partial charge is 0.493 e. The topological polar surface area (TPSA) is 18.5 Å². The number of hydrogen-bond acceptors (Lipinski definition) is 2. The van der Waals surface area contributed by atoms with Gasteiger partial charge in [0.25, 0.3) is 0 Å². The lowest BCUT2D eigenvalue weighted by Crippen LogP contribution is -2.25. The molecule has 0 aliphatic heterocycles. The summed E-state index contributed by atoms with van der Waals surface area (Å²) in [6.45, 7) is 10.9. The number of ether oxygens (including phenoxy) is 2. The van der Waals surface area contributed by atoms with Crippen molar-refractivity contribution < 1.29 is 9.47 Å². The third kappa shape index (κ3) is 6.62. The molecule has 0 N–H and O–H groups in total. The summed E-state index contributed by atoms with van der Waals surface area (Å²) < 4.78 is 11.8. The molecule has 0 heterocycles. The van der Waals surface area contributed by atoms with Crippen molar-refractivity contribution in [2.24, 2.45) is 0 Å². The lowest BCUT2D eigenvalue weighted by atomic mass is 9.71. The van der Waals surface area contributed by atoms with Crippen molar-refractivity contribution in [2.45, 2.75) is 25.2 Å². The minimum absolute atomic E-state index is 0.308. The fraction of sp³-hybridized carbons (Fsp3) is 0.188. The summed E-state index contributed by atoms with van der Waals surface area (Å²) in [5, 5.41) is 0. The zero-order valence-corrected chi connectivity index (χ0v) is 20.0. The molecule has 0 radical (unpaired) electrons. The predicted octanol–water partition coefficient (Wildman–Crippen LogP) is 8.06. The van der Waals surface area contributed by atoms with Crippen molar-refractivity contribution in [1.29, 1.82) is 0 Å². The number of benzene rings is 3. The Morgan fingerprint density at radius 2 is 1.03 bits per heavy atom. The Kier molecular flexibility index (Phi) is 9.54. The number of rotatable bonds is 13. The molecule has 0 aliphatic carbocycles. The zero-order valence-electron chi connectivity index (χ0n) is 20.0. The lowest BCUT2D eigenvalue weighted by molar-refractivity contribution is 0.324. The van der Waals surface area contributed by atoms with E-state index >= 15 is 0 Å². The van der Waals surface area contributed by atoms with Gasteiger partial charge in [0.15, 0.2) is 0 Å². The lowest BCUT2D eigenvalue weighted by Gasteiger charge is -2.32. The molecule has 0 bridgehead atoms. The molecule has 34 heavy (non-hydrogen) atoms. The average Bonchev–Trinajstić information content (AvgIpc) is 2.89. The molecule has 0 amide bonds. The smallest absolute Gasteiger partial charge is 0.119 e. The van der Waals surface area contributed by atoms with Crippen LogP contribution in [0.15, 0.2) is 128 Å². The first-order valence-corrected chi connectivity index (χ1v) is 11.8. The molecule has 0 saturated carbocycles. The van der Waals surface area contributed by atoms with E-state index in [1.165, 1.54) is 16.7 Å². The molecule has 0 spiro atoms. The van der Waals surface area contributed by atoms with Crippen molar-refractivity contribution in [3.63, 3.8) is 0 Å². The molecule has 3 rings (SSSR count). The van der Waals surface area contributed by atoms with E-state index in [1.54, 1.807) is 12.2 Å². The summed E-state index contributed by atoms with van der Waals surface area (Å²) in [4.78, 5) is 0. The SMILES string of the molecule is C=C/C=C/CCOc1ccc(C(C)(c2ccccc2)c2ccc(OCC/C=C/C=C)cc2)cc1. The Morgan fingerprint density at radius 3 is 1.44 bits per heavy atom. The average molecular weight is 451 g/mol. The van der Waals surface area contributed by atoms with Crippen molar-refractivity contribution in [3.8, 4) is 11.5 Å². The fourth-order valence-electron chi connectivity index (χ4n) is 3.92. The minimum Gasteiger partial charge on any atom is -0.493 e. The Balaban J connectivity index is 1.80. The summed E-state index contributed by atoms with van der Waals surface area (Å²) >= 11 is 0. The van der Waals surface area contributed by atoms with Crippen LogP contribution in [0.2, 0.25) is 0 Å². The second-order valence-corrected chi connectivity index (χ2v) is 8.14. The van der Waals surface area contributed by atoms with Crippen LogP contribution in [0.25, 0.3) is 0 Å². The maximum absolute atomic E-state index is 5.90. The van der Waals surface area contributed by atoms with Gasteiger partial charge < -0.3 is 9.47 Å². The van der Waals surface area contributed by atoms with Crippen molar-refractivity contribution in [1.82, 2.24) is 0 Å². The molecular weight excluding hydrogens is 416 g/mol. The highest BCUT2D eigenvalue weighted by Gasteiger charge is 2.31. The van der Waals surface area contributed by atoms with Crippen LogP contribution in [-0.2, 0) is 5.41 Å². The van der Waals surface area contributed by atoms with Crippen LogP contribution >= 0.6 is 0 Å². The number of hydrogen-bond donors (Lipinski definition) is 0. The van der Waals surface area contributed by atoms with Gasteiger partial charge in [0.2, 0.25) is 0 Å². The first kappa shape index (κ1) is 24.9. The maximum atomic E-state index is 5.90. The van der Waals surface area contributed by atoms with Gasteiger partial charge in [0, 0.05) is 5.41 Å². The molecule has 0 aliphatic rings. The summed E-state index contributed by atoms with van der Waals surface area (Å²) in [5.74, 6) is 1.75. The Bertz CT molecular complexity index is 1010. The molecule has 0 unspecified atom stereocenters. The normalized spacial score (nSPS) is 11.6. The maximum Gasteiger partial charge on any atom is 0.119 e. The van der Waals surface area contributed by atoms with E-state index in [-0.39, 0.29) is 5.41 Å². The molecule has 3 aromatic carbocycles. The fourth-order valence-corrected chi connectivity index (χ4v) is 3.92. The van der Waals surface area contributed by atoms with Crippen LogP contribution in [0.3, 0.4) is 0 Å². The molecule has 0 atom stereocenters. The van der Waals surface area contributed by atoms with Crippen LogP contribution in [0.4, 0.5) is 0 Å². The van der Waals surface area contributed by atoms with Crippen LogP contribution < -0.4 is 9.47 Å². The van der Waals surface area contributed by atoms with Gasteiger partial charge in [-0.15, -0.1) is 0 Å². The molecule has 2 nitrogen and oxygen atoms in total. The quantitative estimate of drug-likeness (QED) is 0.149. The third-order valence-corrected chi connectivity index (χ3v) is 5.87. The third-order valence-electron chi connectivity index (χ3n) is 5.87. The molecule has 0 saturated heterocycles. The summed E-state index contributed by atoms with van der Waals surface area (Å²) in [6.07, 6.45) is 13.3. The number of allylic oxidation sites excluding steroid dienone is 4.